The summed E-state index contributed by atoms with van der Waals surface area (Å²) in [5.74, 6) is 1.31. The molecule has 3 rings (SSSR count). The van der Waals surface area contributed by atoms with Crippen LogP contribution in [0.4, 0.5) is 10.5 Å². The second kappa shape index (κ2) is 8.42. The third-order valence-corrected chi connectivity index (χ3v) is 4.57. The molecule has 2 aromatic rings. The lowest BCUT2D eigenvalue weighted by Crippen LogP contribution is -2.38. The Morgan fingerprint density at radius 1 is 1.12 bits per heavy atom. The summed E-state index contributed by atoms with van der Waals surface area (Å²) in [5.41, 5.74) is 2.31. The molecular weight excluding hydrogens is 314 g/mol. The highest BCUT2D eigenvalue weighted by Gasteiger charge is 2.22. The van der Waals surface area contributed by atoms with Crippen LogP contribution in [-0.4, -0.2) is 32.8 Å². The molecule has 1 saturated heterocycles. The number of ether oxygens (including phenoxy) is 1. The van der Waals surface area contributed by atoms with Gasteiger partial charge < -0.3 is 20.3 Å². The number of nitrogens with zero attached hydrogens (tertiary/aromatic N) is 1. The molecule has 5 heteroatoms. The van der Waals surface area contributed by atoms with E-state index in [9.17, 15) is 4.79 Å². The minimum Gasteiger partial charge on any atom is -0.497 e. The first-order chi connectivity index (χ1) is 12.2. The van der Waals surface area contributed by atoms with Crippen LogP contribution in [0.1, 0.15) is 12.0 Å². The molecule has 5 nitrogen and oxygen atoms in total. The zero-order valence-corrected chi connectivity index (χ0v) is 14.6. The largest absolute Gasteiger partial charge is 0.497 e. The Labute approximate surface area is 149 Å². The van der Waals surface area contributed by atoms with E-state index in [4.69, 9.17) is 4.74 Å². The maximum atomic E-state index is 12.0. The van der Waals surface area contributed by atoms with Gasteiger partial charge in [0.1, 0.15) is 5.75 Å². The number of benzene rings is 2. The maximum absolute atomic E-state index is 12.0. The summed E-state index contributed by atoms with van der Waals surface area (Å²) in [5, 5.41) is 5.89. The summed E-state index contributed by atoms with van der Waals surface area (Å²) in [4.78, 5) is 14.4. The lowest BCUT2D eigenvalue weighted by molar-refractivity contribution is 0.239. The van der Waals surface area contributed by atoms with Gasteiger partial charge in [0.05, 0.1) is 7.11 Å². The predicted octanol–water partition coefficient (Wildman–Crippen LogP) is 3.02. The number of hydrogen-bond acceptors (Lipinski definition) is 3. The molecule has 1 heterocycles. The second-order valence-electron chi connectivity index (χ2n) is 6.35. The van der Waals surface area contributed by atoms with Gasteiger partial charge in [0.25, 0.3) is 0 Å². The van der Waals surface area contributed by atoms with Crippen LogP contribution in [0.25, 0.3) is 0 Å². The topological polar surface area (TPSA) is 53.6 Å². The van der Waals surface area contributed by atoms with Crippen LogP contribution < -0.4 is 20.3 Å². The lowest BCUT2D eigenvalue weighted by Gasteiger charge is -2.18. The molecule has 2 aromatic carbocycles. The number of urea groups is 1. The van der Waals surface area contributed by atoms with Crippen molar-refractivity contribution in [3.63, 3.8) is 0 Å². The minimum atomic E-state index is -0.117. The normalized spacial score (nSPS) is 16.5. The Hall–Kier alpha value is -2.69. The van der Waals surface area contributed by atoms with E-state index < -0.39 is 0 Å². The zero-order chi connectivity index (χ0) is 17.5. The van der Waals surface area contributed by atoms with E-state index in [1.807, 2.05) is 30.3 Å². The standard InChI is InChI=1S/C20H25N3O2/c1-25-19-9-7-16(8-10-19)13-21-20(24)22-14-17-11-12-23(15-17)18-5-3-2-4-6-18/h2-10,17H,11-15H2,1H3,(H2,21,22,24)/t17-/m0/s1. The quantitative estimate of drug-likeness (QED) is 0.851. The number of amides is 2. The molecule has 0 saturated carbocycles. The van der Waals surface area contributed by atoms with Crippen molar-refractivity contribution < 1.29 is 9.53 Å². The number of nitrogens with one attached hydrogen (secondary N) is 2. The Morgan fingerprint density at radius 2 is 1.88 bits per heavy atom. The van der Waals surface area contributed by atoms with E-state index in [0.29, 0.717) is 19.0 Å². The number of para-hydroxylation sites is 1. The van der Waals surface area contributed by atoms with Gasteiger partial charge in [0.2, 0.25) is 0 Å². The number of rotatable bonds is 6. The molecule has 132 valence electrons. The molecule has 0 spiro atoms. The van der Waals surface area contributed by atoms with Gasteiger partial charge in [-0.1, -0.05) is 30.3 Å². The summed E-state index contributed by atoms with van der Waals surface area (Å²) in [6.07, 6.45) is 1.10. The first-order valence-electron chi connectivity index (χ1n) is 8.69. The Morgan fingerprint density at radius 3 is 2.60 bits per heavy atom. The number of anilines is 1. The highest BCUT2D eigenvalue weighted by atomic mass is 16.5. The van der Waals surface area contributed by atoms with Crippen molar-refractivity contribution in [1.29, 1.82) is 0 Å². The summed E-state index contributed by atoms with van der Waals surface area (Å²) in [6, 6.07) is 18.0. The highest BCUT2D eigenvalue weighted by Crippen LogP contribution is 2.22. The molecular formula is C20H25N3O2. The lowest BCUT2D eigenvalue weighted by atomic mass is 10.1. The van der Waals surface area contributed by atoms with Crippen LogP contribution in [0.2, 0.25) is 0 Å². The average molecular weight is 339 g/mol. The summed E-state index contributed by atoms with van der Waals surface area (Å²) >= 11 is 0. The summed E-state index contributed by atoms with van der Waals surface area (Å²) in [7, 11) is 1.64. The molecule has 2 N–H and O–H groups in total. The molecule has 25 heavy (non-hydrogen) atoms. The van der Waals surface area contributed by atoms with Gasteiger partial charge in [-0.3, -0.25) is 0 Å². The third-order valence-electron chi connectivity index (χ3n) is 4.57. The van der Waals surface area contributed by atoms with E-state index in [0.717, 1.165) is 30.8 Å². The SMILES string of the molecule is COc1ccc(CNC(=O)NC[C@@H]2CCN(c3ccccc3)C2)cc1. The number of carbonyl (C=O) groups excluding carboxylic acids is 1. The molecule has 0 aliphatic carbocycles. The van der Waals surface area contributed by atoms with Gasteiger partial charge in [-0.15, -0.1) is 0 Å². The van der Waals surface area contributed by atoms with E-state index in [1.165, 1.54) is 5.69 Å². The van der Waals surface area contributed by atoms with Gasteiger partial charge in [-0.05, 0) is 42.2 Å². The van der Waals surface area contributed by atoms with Crippen molar-refractivity contribution in [2.45, 2.75) is 13.0 Å². The van der Waals surface area contributed by atoms with E-state index in [2.05, 4.69) is 39.8 Å². The monoisotopic (exact) mass is 339 g/mol. The summed E-state index contributed by atoms with van der Waals surface area (Å²) < 4.78 is 5.13. The van der Waals surface area contributed by atoms with Crippen molar-refractivity contribution in [3.05, 3.63) is 60.2 Å². The molecule has 0 unspecified atom stereocenters. The van der Waals surface area contributed by atoms with Gasteiger partial charge >= 0.3 is 6.03 Å². The average Bonchev–Trinajstić information content (AvgIpc) is 3.15. The van der Waals surface area contributed by atoms with Gasteiger partial charge in [0.15, 0.2) is 0 Å². The van der Waals surface area contributed by atoms with Crippen molar-refractivity contribution in [3.8, 4) is 5.75 Å². The Bertz CT molecular complexity index is 673. The smallest absolute Gasteiger partial charge is 0.315 e. The summed E-state index contributed by atoms with van der Waals surface area (Å²) in [6.45, 7) is 3.25. The molecule has 0 aromatic heterocycles. The fourth-order valence-electron chi connectivity index (χ4n) is 3.10. The van der Waals surface area contributed by atoms with Crippen molar-refractivity contribution in [1.82, 2.24) is 10.6 Å². The zero-order valence-electron chi connectivity index (χ0n) is 14.6. The van der Waals surface area contributed by atoms with Gasteiger partial charge in [0, 0.05) is 31.9 Å². The molecule has 1 atom stereocenters. The molecule has 1 aliphatic heterocycles. The van der Waals surface area contributed by atoms with Gasteiger partial charge in [-0.2, -0.15) is 0 Å². The molecule has 1 aliphatic rings. The molecule has 0 radical (unpaired) electrons. The van der Waals surface area contributed by atoms with E-state index in [1.54, 1.807) is 7.11 Å². The highest BCUT2D eigenvalue weighted by molar-refractivity contribution is 5.73. The van der Waals surface area contributed by atoms with Crippen molar-refractivity contribution >= 4 is 11.7 Å². The predicted molar refractivity (Wildman–Crippen MR) is 100.0 cm³/mol. The van der Waals surface area contributed by atoms with Crippen LogP contribution in [0, 0.1) is 5.92 Å². The van der Waals surface area contributed by atoms with Crippen LogP contribution >= 0.6 is 0 Å². The van der Waals surface area contributed by atoms with E-state index in [-0.39, 0.29) is 6.03 Å². The molecule has 0 bridgehead atoms. The number of methoxy groups -OCH3 is 1. The van der Waals surface area contributed by atoms with Crippen LogP contribution in [0.5, 0.6) is 5.75 Å². The molecule has 1 fully saturated rings. The van der Waals surface area contributed by atoms with Crippen LogP contribution in [0.15, 0.2) is 54.6 Å². The van der Waals surface area contributed by atoms with Crippen molar-refractivity contribution in [2.75, 3.05) is 31.6 Å². The van der Waals surface area contributed by atoms with E-state index >= 15 is 0 Å². The number of hydrogen-bond donors (Lipinski definition) is 2. The second-order valence-corrected chi connectivity index (χ2v) is 6.35. The van der Waals surface area contributed by atoms with Crippen LogP contribution in [-0.2, 0) is 6.54 Å². The third kappa shape index (κ3) is 4.89. The fourth-order valence-corrected chi connectivity index (χ4v) is 3.10. The maximum Gasteiger partial charge on any atom is 0.315 e. The fraction of sp³-hybridized carbons (Fsp3) is 0.350. The Kier molecular flexibility index (Phi) is 5.77. The van der Waals surface area contributed by atoms with Gasteiger partial charge in [-0.25, -0.2) is 4.79 Å². The number of carbonyl (C=O) groups is 1. The first-order valence-corrected chi connectivity index (χ1v) is 8.69. The van der Waals surface area contributed by atoms with Crippen molar-refractivity contribution in [2.24, 2.45) is 5.92 Å². The van der Waals surface area contributed by atoms with Crippen LogP contribution in [0.3, 0.4) is 0 Å². The Balaban J connectivity index is 1.38. The first kappa shape index (κ1) is 17.1. The molecule has 2 amide bonds. The minimum absolute atomic E-state index is 0.117.